The lowest BCUT2D eigenvalue weighted by Gasteiger charge is -2.18. The zero-order valence-corrected chi connectivity index (χ0v) is 9.60. The number of allylic oxidation sites excluding steroid dienone is 1. The number of benzene rings is 1. The molecule has 1 heterocycles. The summed E-state index contributed by atoms with van der Waals surface area (Å²) < 4.78 is 15.7. The van der Waals surface area contributed by atoms with Gasteiger partial charge in [-0.15, -0.1) is 0 Å². The van der Waals surface area contributed by atoms with Crippen molar-refractivity contribution in [3.8, 4) is 11.5 Å². The monoisotopic (exact) mass is 220 g/mol. The zero-order chi connectivity index (χ0) is 11.4. The van der Waals surface area contributed by atoms with Crippen LogP contribution in [0.15, 0.2) is 30.5 Å². The Labute approximate surface area is 95.6 Å². The molecule has 0 fully saturated rings. The van der Waals surface area contributed by atoms with Crippen LogP contribution in [0.2, 0.25) is 0 Å². The second-order valence-corrected chi connectivity index (χ2v) is 3.71. The summed E-state index contributed by atoms with van der Waals surface area (Å²) in [6.45, 7) is 0.773. The first kappa shape index (κ1) is 10.9. The van der Waals surface area contributed by atoms with Crippen molar-refractivity contribution in [3.63, 3.8) is 0 Å². The summed E-state index contributed by atoms with van der Waals surface area (Å²) in [5.41, 5.74) is 1.23. The maximum absolute atomic E-state index is 5.29. The fraction of sp³-hybridized carbons (Fsp3) is 0.385. The molecule has 0 bridgehead atoms. The molecule has 0 aliphatic carbocycles. The van der Waals surface area contributed by atoms with Gasteiger partial charge >= 0.3 is 0 Å². The SMILES string of the molecule is COc1ccc(C2C=COCC2)cc1OC. The van der Waals surface area contributed by atoms with Crippen LogP contribution in [-0.2, 0) is 4.74 Å². The van der Waals surface area contributed by atoms with Crippen molar-refractivity contribution >= 4 is 0 Å². The van der Waals surface area contributed by atoms with Gasteiger partial charge < -0.3 is 14.2 Å². The molecule has 3 nitrogen and oxygen atoms in total. The van der Waals surface area contributed by atoms with Gasteiger partial charge in [0.15, 0.2) is 11.5 Å². The van der Waals surface area contributed by atoms with E-state index in [0.717, 1.165) is 24.5 Å². The highest BCUT2D eigenvalue weighted by atomic mass is 16.5. The van der Waals surface area contributed by atoms with Crippen molar-refractivity contribution < 1.29 is 14.2 Å². The third kappa shape index (κ3) is 2.13. The molecule has 0 amide bonds. The molecule has 1 unspecified atom stereocenters. The van der Waals surface area contributed by atoms with Gasteiger partial charge in [-0.3, -0.25) is 0 Å². The molecular formula is C13H16O3. The molecule has 0 N–H and O–H groups in total. The Morgan fingerprint density at radius 1 is 1.19 bits per heavy atom. The van der Waals surface area contributed by atoms with Crippen LogP contribution in [0, 0.1) is 0 Å². The second-order valence-electron chi connectivity index (χ2n) is 3.71. The van der Waals surface area contributed by atoms with Gasteiger partial charge in [-0.25, -0.2) is 0 Å². The molecule has 1 aromatic carbocycles. The lowest BCUT2D eigenvalue weighted by atomic mass is 9.95. The maximum Gasteiger partial charge on any atom is 0.161 e. The van der Waals surface area contributed by atoms with Crippen molar-refractivity contribution in [2.75, 3.05) is 20.8 Å². The van der Waals surface area contributed by atoms with Crippen molar-refractivity contribution in [1.82, 2.24) is 0 Å². The molecule has 0 radical (unpaired) electrons. The highest BCUT2D eigenvalue weighted by Gasteiger charge is 2.14. The molecule has 0 aromatic heterocycles. The van der Waals surface area contributed by atoms with Gasteiger partial charge in [-0.2, -0.15) is 0 Å². The van der Waals surface area contributed by atoms with Crippen molar-refractivity contribution in [1.29, 1.82) is 0 Å². The number of ether oxygens (including phenoxy) is 3. The number of hydrogen-bond donors (Lipinski definition) is 0. The van der Waals surface area contributed by atoms with E-state index in [2.05, 4.69) is 12.1 Å². The van der Waals surface area contributed by atoms with Gasteiger partial charge in [0, 0.05) is 5.92 Å². The molecule has 0 spiro atoms. The molecule has 0 saturated heterocycles. The summed E-state index contributed by atoms with van der Waals surface area (Å²) in [6.07, 6.45) is 4.85. The number of rotatable bonds is 3. The van der Waals surface area contributed by atoms with E-state index in [4.69, 9.17) is 14.2 Å². The predicted molar refractivity (Wildman–Crippen MR) is 62.0 cm³/mol. The molecule has 0 saturated carbocycles. The lowest BCUT2D eigenvalue weighted by Crippen LogP contribution is -2.05. The number of methoxy groups -OCH3 is 2. The minimum absolute atomic E-state index is 0.411. The maximum atomic E-state index is 5.29. The van der Waals surface area contributed by atoms with Gasteiger partial charge in [0.05, 0.1) is 27.1 Å². The Bertz CT molecular complexity index is 385. The van der Waals surface area contributed by atoms with Crippen LogP contribution in [-0.4, -0.2) is 20.8 Å². The van der Waals surface area contributed by atoms with Gasteiger partial charge in [0.25, 0.3) is 0 Å². The van der Waals surface area contributed by atoms with Crippen LogP contribution >= 0.6 is 0 Å². The molecule has 1 aliphatic rings. The molecule has 1 aliphatic heterocycles. The van der Waals surface area contributed by atoms with E-state index in [-0.39, 0.29) is 0 Å². The first-order valence-electron chi connectivity index (χ1n) is 5.35. The Morgan fingerprint density at radius 3 is 2.62 bits per heavy atom. The fourth-order valence-electron chi connectivity index (χ4n) is 1.87. The van der Waals surface area contributed by atoms with Gasteiger partial charge in [0.2, 0.25) is 0 Å². The predicted octanol–water partition coefficient (Wildman–Crippen LogP) is 2.72. The van der Waals surface area contributed by atoms with Crippen LogP contribution in [0.1, 0.15) is 17.9 Å². The summed E-state index contributed by atoms with van der Waals surface area (Å²) in [6, 6.07) is 6.04. The summed E-state index contributed by atoms with van der Waals surface area (Å²) >= 11 is 0. The Hall–Kier alpha value is -1.64. The lowest BCUT2D eigenvalue weighted by molar-refractivity contribution is 0.222. The minimum Gasteiger partial charge on any atom is -0.501 e. The Balaban J connectivity index is 2.28. The average molecular weight is 220 g/mol. The Morgan fingerprint density at radius 2 is 2.00 bits per heavy atom. The first-order chi connectivity index (χ1) is 7.85. The van der Waals surface area contributed by atoms with Crippen LogP contribution in [0.25, 0.3) is 0 Å². The zero-order valence-electron chi connectivity index (χ0n) is 9.60. The standard InChI is InChI=1S/C13H16O3/c1-14-12-4-3-11(9-13(12)15-2)10-5-7-16-8-6-10/h3-5,7,9-10H,6,8H2,1-2H3. The van der Waals surface area contributed by atoms with Crippen LogP contribution in [0.3, 0.4) is 0 Å². The normalized spacial score (nSPS) is 19.0. The highest BCUT2D eigenvalue weighted by molar-refractivity contribution is 5.44. The number of hydrogen-bond acceptors (Lipinski definition) is 3. The van der Waals surface area contributed by atoms with Gasteiger partial charge in [0.1, 0.15) is 0 Å². The average Bonchev–Trinajstić information content (AvgIpc) is 2.39. The quantitative estimate of drug-likeness (QED) is 0.783. The fourth-order valence-corrected chi connectivity index (χ4v) is 1.87. The van der Waals surface area contributed by atoms with Crippen LogP contribution in [0.4, 0.5) is 0 Å². The van der Waals surface area contributed by atoms with E-state index in [1.807, 2.05) is 12.1 Å². The topological polar surface area (TPSA) is 27.7 Å². The smallest absolute Gasteiger partial charge is 0.161 e. The van der Waals surface area contributed by atoms with E-state index >= 15 is 0 Å². The largest absolute Gasteiger partial charge is 0.501 e. The highest BCUT2D eigenvalue weighted by Crippen LogP contribution is 2.33. The van der Waals surface area contributed by atoms with E-state index < -0.39 is 0 Å². The summed E-state index contributed by atoms with van der Waals surface area (Å²) in [5.74, 6) is 1.95. The van der Waals surface area contributed by atoms with Crippen molar-refractivity contribution in [2.24, 2.45) is 0 Å². The third-order valence-corrected chi connectivity index (χ3v) is 2.79. The second kappa shape index (κ2) is 4.92. The molecule has 3 heteroatoms. The minimum atomic E-state index is 0.411. The summed E-state index contributed by atoms with van der Waals surface area (Å²) in [5, 5.41) is 0. The molecule has 86 valence electrons. The van der Waals surface area contributed by atoms with Crippen molar-refractivity contribution in [3.05, 3.63) is 36.1 Å². The third-order valence-electron chi connectivity index (χ3n) is 2.79. The molecular weight excluding hydrogens is 204 g/mol. The molecule has 1 aromatic rings. The molecule has 2 rings (SSSR count). The first-order valence-corrected chi connectivity index (χ1v) is 5.35. The van der Waals surface area contributed by atoms with E-state index in [1.165, 1.54) is 5.56 Å². The summed E-state index contributed by atoms with van der Waals surface area (Å²) in [4.78, 5) is 0. The van der Waals surface area contributed by atoms with Crippen LogP contribution < -0.4 is 9.47 Å². The van der Waals surface area contributed by atoms with Crippen molar-refractivity contribution in [2.45, 2.75) is 12.3 Å². The van der Waals surface area contributed by atoms with E-state index in [0.29, 0.717) is 5.92 Å². The van der Waals surface area contributed by atoms with Gasteiger partial charge in [-0.1, -0.05) is 6.07 Å². The van der Waals surface area contributed by atoms with E-state index in [9.17, 15) is 0 Å². The Kier molecular flexibility index (Phi) is 3.34. The molecule has 16 heavy (non-hydrogen) atoms. The summed E-state index contributed by atoms with van der Waals surface area (Å²) in [7, 11) is 3.30. The van der Waals surface area contributed by atoms with Crippen LogP contribution in [0.5, 0.6) is 11.5 Å². The van der Waals surface area contributed by atoms with Gasteiger partial charge in [-0.05, 0) is 30.2 Å². The van der Waals surface area contributed by atoms with E-state index in [1.54, 1.807) is 20.5 Å². The molecule has 1 atom stereocenters.